The van der Waals surface area contributed by atoms with Crippen LogP contribution in [0.4, 0.5) is 0 Å². The number of amides is 1. The van der Waals surface area contributed by atoms with Crippen molar-refractivity contribution in [3.63, 3.8) is 0 Å². The summed E-state index contributed by atoms with van der Waals surface area (Å²) in [7, 11) is 0. The lowest BCUT2D eigenvalue weighted by Gasteiger charge is -2.47. The fraction of sp³-hybridized carbons (Fsp3) is 0.562. The maximum atomic E-state index is 12.8. The number of hydrogen-bond donors (Lipinski definition) is 1. The third-order valence-corrected chi connectivity index (χ3v) is 4.35. The normalized spacial score (nSPS) is 27.6. The summed E-state index contributed by atoms with van der Waals surface area (Å²) in [4.78, 5) is 12.4. The lowest BCUT2D eigenvalue weighted by molar-refractivity contribution is -0.904. The lowest BCUT2D eigenvalue weighted by atomic mass is 10.1. The summed E-state index contributed by atoms with van der Waals surface area (Å²) in [6.45, 7) is 6.31. The Morgan fingerprint density at radius 3 is 2.55 bits per heavy atom. The van der Waals surface area contributed by atoms with Gasteiger partial charge in [-0.05, 0) is 26.3 Å². The highest BCUT2D eigenvalue weighted by Gasteiger charge is 2.42. The largest absolute Gasteiger partial charge is 0.632 e. The third-order valence-electron chi connectivity index (χ3n) is 4.35. The van der Waals surface area contributed by atoms with E-state index in [1.807, 2.05) is 51.1 Å². The second-order valence-electron chi connectivity index (χ2n) is 5.97. The molecule has 4 nitrogen and oxygen atoms in total. The molecule has 1 fully saturated rings. The monoisotopic (exact) mass is 276 g/mol. The number of benzene rings is 1. The first-order valence-electron chi connectivity index (χ1n) is 7.39. The van der Waals surface area contributed by atoms with Crippen molar-refractivity contribution in [3.8, 4) is 0 Å². The summed E-state index contributed by atoms with van der Waals surface area (Å²) in [5.74, 6) is -0.109. The standard InChI is InChI=1S/C16H24N2O2/c1-12(2)18(20)11-7-10-15(18)16(19)17-13(3)14-8-5-4-6-9-14/h4-6,8-9,12-13,15H,7,10-11H2,1-3H3,(H,17,19)/t13-,15+,18?/m1/s1. The van der Waals surface area contributed by atoms with Crippen LogP contribution in [0, 0.1) is 5.21 Å². The van der Waals surface area contributed by atoms with Crippen molar-refractivity contribution < 1.29 is 9.44 Å². The molecule has 1 N–H and O–H groups in total. The number of carbonyl (C=O) groups is 1. The summed E-state index contributed by atoms with van der Waals surface area (Å²) in [5, 5.41) is 15.8. The topological polar surface area (TPSA) is 52.2 Å². The van der Waals surface area contributed by atoms with Gasteiger partial charge >= 0.3 is 0 Å². The van der Waals surface area contributed by atoms with E-state index >= 15 is 0 Å². The predicted molar refractivity (Wildman–Crippen MR) is 79.7 cm³/mol. The molecule has 1 unspecified atom stereocenters. The highest BCUT2D eigenvalue weighted by molar-refractivity contribution is 5.81. The van der Waals surface area contributed by atoms with Gasteiger partial charge in [-0.1, -0.05) is 30.3 Å². The first kappa shape index (κ1) is 15.0. The van der Waals surface area contributed by atoms with E-state index in [-0.39, 0.29) is 22.6 Å². The number of likely N-dealkylation sites (tertiary alicyclic amines) is 1. The van der Waals surface area contributed by atoms with Crippen LogP contribution < -0.4 is 5.32 Å². The number of nitrogens with zero attached hydrogens (tertiary/aromatic N) is 1. The van der Waals surface area contributed by atoms with Gasteiger partial charge < -0.3 is 15.2 Å². The highest BCUT2D eigenvalue weighted by atomic mass is 16.6. The molecular formula is C16H24N2O2. The predicted octanol–water partition coefficient (Wildman–Crippen LogP) is 2.75. The van der Waals surface area contributed by atoms with Crippen LogP contribution in [0.2, 0.25) is 0 Å². The fourth-order valence-corrected chi connectivity index (χ4v) is 2.99. The Balaban J connectivity index is 2.05. The average molecular weight is 276 g/mol. The van der Waals surface area contributed by atoms with Gasteiger partial charge in [0.15, 0.2) is 6.04 Å². The zero-order valence-corrected chi connectivity index (χ0v) is 12.5. The van der Waals surface area contributed by atoms with Crippen LogP contribution in [0.15, 0.2) is 30.3 Å². The van der Waals surface area contributed by atoms with Gasteiger partial charge in [-0.3, -0.25) is 4.79 Å². The van der Waals surface area contributed by atoms with E-state index in [0.29, 0.717) is 13.0 Å². The molecule has 20 heavy (non-hydrogen) atoms. The van der Waals surface area contributed by atoms with Crippen LogP contribution >= 0.6 is 0 Å². The Morgan fingerprint density at radius 1 is 1.30 bits per heavy atom. The van der Waals surface area contributed by atoms with E-state index in [2.05, 4.69) is 5.32 Å². The van der Waals surface area contributed by atoms with E-state index in [1.165, 1.54) is 0 Å². The number of hydrogen-bond acceptors (Lipinski definition) is 2. The summed E-state index contributed by atoms with van der Waals surface area (Å²) in [6, 6.07) is 9.24. The lowest BCUT2D eigenvalue weighted by Crippen LogP contribution is -2.57. The average Bonchev–Trinajstić information content (AvgIpc) is 2.83. The Kier molecular flexibility index (Phi) is 4.45. The first-order valence-corrected chi connectivity index (χ1v) is 7.39. The molecule has 2 rings (SSSR count). The molecule has 1 aliphatic heterocycles. The number of hydroxylamine groups is 3. The summed E-state index contributed by atoms with van der Waals surface area (Å²) >= 11 is 0. The van der Waals surface area contributed by atoms with Crippen molar-refractivity contribution in [1.29, 1.82) is 0 Å². The summed E-state index contributed by atoms with van der Waals surface area (Å²) in [5.41, 5.74) is 1.06. The SMILES string of the molecule is CC(C)[N+]1([O-])CCC[C@H]1C(=O)N[C@H](C)c1ccccc1. The highest BCUT2D eigenvalue weighted by Crippen LogP contribution is 2.29. The molecule has 0 aliphatic carbocycles. The van der Waals surface area contributed by atoms with E-state index < -0.39 is 6.04 Å². The van der Waals surface area contributed by atoms with Gasteiger partial charge in [0, 0.05) is 12.8 Å². The minimum absolute atomic E-state index is 0.0649. The minimum Gasteiger partial charge on any atom is -0.632 e. The molecule has 0 saturated carbocycles. The molecular weight excluding hydrogens is 252 g/mol. The molecule has 0 spiro atoms. The van der Waals surface area contributed by atoms with Gasteiger partial charge in [-0.25, -0.2) is 0 Å². The summed E-state index contributed by atoms with van der Waals surface area (Å²) < 4.78 is -0.382. The van der Waals surface area contributed by atoms with Gasteiger partial charge in [0.05, 0.1) is 18.6 Å². The Morgan fingerprint density at radius 2 is 1.95 bits per heavy atom. The van der Waals surface area contributed by atoms with Gasteiger partial charge in [0.2, 0.25) is 0 Å². The van der Waals surface area contributed by atoms with Gasteiger partial charge in [0.25, 0.3) is 5.91 Å². The molecule has 1 aliphatic rings. The zero-order chi connectivity index (χ0) is 14.8. The van der Waals surface area contributed by atoms with Gasteiger partial charge in [0.1, 0.15) is 0 Å². The molecule has 3 atom stereocenters. The van der Waals surface area contributed by atoms with Crippen molar-refractivity contribution in [1.82, 2.24) is 5.32 Å². The molecule has 1 amide bonds. The van der Waals surface area contributed by atoms with Crippen molar-refractivity contribution in [2.45, 2.75) is 51.7 Å². The van der Waals surface area contributed by atoms with Crippen LogP contribution in [0.25, 0.3) is 0 Å². The maximum absolute atomic E-state index is 12.8. The number of quaternary nitrogens is 1. The smallest absolute Gasteiger partial charge is 0.279 e. The number of rotatable bonds is 4. The van der Waals surface area contributed by atoms with Crippen LogP contribution in [0.3, 0.4) is 0 Å². The van der Waals surface area contributed by atoms with Crippen LogP contribution in [-0.4, -0.2) is 29.2 Å². The minimum atomic E-state index is -0.457. The van der Waals surface area contributed by atoms with E-state index in [4.69, 9.17) is 0 Å². The Labute approximate surface area is 121 Å². The van der Waals surface area contributed by atoms with Crippen molar-refractivity contribution in [2.24, 2.45) is 0 Å². The zero-order valence-electron chi connectivity index (χ0n) is 12.5. The molecule has 0 bridgehead atoms. The van der Waals surface area contributed by atoms with Crippen LogP contribution in [0.5, 0.6) is 0 Å². The summed E-state index contributed by atoms with van der Waals surface area (Å²) in [6.07, 6.45) is 1.52. The molecule has 0 aromatic heterocycles. The van der Waals surface area contributed by atoms with E-state index in [1.54, 1.807) is 0 Å². The molecule has 1 aromatic carbocycles. The first-order chi connectivity index (χ1) is 9.45. The molecule has 1 aromatic rings. The molecule has 0 radical (unpaired) electrons. The van der Waals surface area contributed by atoms with Crippen molar-refractivity contribution >= 4 is 5.91 Å². The molecule has 1 saturated heterocycles. The van der Waals surface area contributed by atoms with Crippen LogP contribution in [-0.2, 0) is 4.79 Å². The molecule has 110 valence electrons. The second-order valence-corrected chi connectivity index (χ2v) is 5.97. The fourth-order valence-electron chi connectivity index (χ4n) is 2.99. The number of nitrogens with one attached hydrogen (secondary N) is 1. The quantitative estimate of drug-likeness (QED) is 0.679. The van der Waals surface area contributed by atoms with E-state index in [0.717, 1.165) is 12.0 Å². The second kappa shape index (κ2) is 5.94. The molecule has 1 heterocycles. The Hall–Kier alpha value is -1.39. The van der Waals surface area contributed by atoms with E-state index in [9.17, 15) is 10.0 Å². The third kappa shape index (κ3) is 2.86. The number of carbonyl (C=O) groups excluding carboxylic acids is 1. The maximum Gasteiger partial charge on any atom is 0.279 e. The van der Waals surface area contributed by atoms with Gasteiger partial charge in [-0.15, -0.1) is 0 Å². The van der Waals surface area contributed by atoms with Gasteiger partial charge in [-0.2, -0.15) is 0 Å². The van der Waals surface area contributed by atoms with Crippen molar-refractivity contribution in [2.75, 3.05) is 6.54 Å². The van der Waals surface area contributed by atoms with Crippen LogP contribution in [0.1, 0.15) is 45.2 Å². The molecule has 4 heteroatoms. The van der Waals surface area contributed by atoms with Crippen molar-refractivity contribution in [3.05, 3.63) is 41.1 Å². The Bertz CT molecular complexity index is 461.